The number of carbonyl (C=O) groups is 2. The van der Waals surface area contributed by atoms with Crippen molar-refractivity contribution in [2.45, 2.75) is 12.2 Å². The van der Waals surface area contributed by atoms with Gasteiger partial charge < -0.3 is 15.1 Å². The molecule has 1 heterocycles. The first kappa shape index (κ1) is 17.5. The molecule has 2 N–H and O–H groups in total. The van der Waals surface area contributed by atoms with Crippen molar-refractivity contribution in [3.05, 3.63) is 59.8 Å². The third-order valence-electron chi connectivity index (χ3n) is 2.99. The van der Waals surface area contributed by atoms with Gasteiger partial charge in [-0.2, -0.15) is 13.2 Å². The molecule has 0 saturated carbocycles. The van der Waals surface area contributed by atoms with Gasteiger partial charge in [0.15, 0.2) is 11.8 Å². The molecule has 0 fully saturated rings. The minimum Gasteiger partial charge on any atom is -0.459 e. The lowest BCUT2D eigenvalue weighted by Gasteiger charge is -2.22. The van der Waals surface area contributed by atoms with Crippen LogP contribution in [0, 0.1) is 5.82 Å². The van der Waals surface area contributed by atoms with Crippen LogP contribution in [0.3, 0.4) is 0 Å². The Hall–Kier alpha value is -2.84. The Bertz CT molecular complexity index is 697. The van der Waals surface area contributed by atoms with E-state index in [4.69, 9.17) is 4.42 Å². The van der Waals surface area contributed by atoms with Gasteiger partial charge in [-0.25, -0.2) is 4.39 Å². The zero-order valence-electron chi connectivity index (χ0n) is 12.1. The number of halogens is 4. The lowest BCUT2D eigenvalue weighted by molar-refractivity contribution is -0.163. The number of furan rings is 1. The SMILES string of the molecule is O=C(CNC(=O)c1ccco1)N[C@@H](c1ccc(F)cc1)C(F)(F)F. The van der Waals surface area contributed by atoms with Gasteiger partial charge in [0.1, 0.15) is 5.82 Å². The molecule has 9 heteroatoms. The number of carbonyl (C=O) groups excluding carboxylic acids is 2. The van der Waals surface area contributed by atoms with E-state index in [9.17, 15) is 27.2 Å². The van der Waals surface area contributed by atoms with Gasteiger partial charge in [-0.05, 0) is 29.8 Å². The van der Waals surface area contributed by atoms with E-state index in [1.165, 1.54) is 18.4 Å². The van der Waals surface area contributed by atoms with Crippen LogP contribution in [0.1, 0.15) is 22.2 Å². The number of hydrogen-bond donors (Lipinski definition) is 2. The van der Waals surface area contributed by atoms with Gasteiger partial charge in [0.05, 0.1) is 12.8 Å². The van der Waals surface area contributed by atoms with E-state index in [1.54, 1.807) is 5.32 Å². The molecular formula is C15H12F4N2O3. The van der Waals surface area contributed by atoms with E-state index in [0.717, 1.165) is 24.3 Å². The first-order valence-electron chi connectivity index (χ1n) is 6.70. The Balaban J connectivity index is 2.00. The van der Waals surface area contributed by atoms with E-state index < -0.39 is 36.4 Å². The quantitative estimate of drug-likeness (QED) is 0.819. The summed E-state index contributed by atoms with van der Waals surface area (Å²) in [6.07, 6.45) is -3.54. The molecule has 0 aliphatic carbocycles. The molecule has 0 radical (unpaired) electrons. The second-order valence-electron chi connectivity index (χ2n) is 4.75. The van der Waals surface area contributed by atoms with Gasteiger partial charge in [0.2, 0.25) is 5.91 Å². The van der Waals surface area contributed by atoms with Crippen molar-refractivity contribution in [1.82, 2.24) is 10.6 Å². The van der Waals surface area contributed by atoms with Gasteiger partial charge in [-0.15, -0.1) is 0 Å². The highest BCUT2D eigenvalue weighted by molar-refractivity contribution is 5.94. The molecule has 1 aromatic heterocycles. The van der Waals surface area contributed by atoms with Gasteiger partial charge >= 0.3 is 6.18 Å². The Morgan fingerprint density at radius 2 is 1.79 bits per heavy atom. The summed E-state index contributed by atoms with van der Waals surface area (Å²) >= 11 is 0. The molecule has 24 heavy (non-hydrogen) atoms. The van der Waals surface area contributed by atoms with Crippen molar-refractivity contribution in [1.29, 1.82) is 0 Å². The van der Waals surface area contributed by atoms with Crippen LogP contribution in [0.25, 0.3) is 0 Å². The molecule has 0 bridgehead atoms. The van der Waals surface area contributed by atoms with Crippen LogP contribution in [-0.4, -0.2) is 24.5 Å². The average molecular weight is 344 g/mol. The molecule has 0 spiro atoms. The average Bonchev–Trinajstić information content (AvgIpc) is 3.05. The summed E-state index contributed by atoms with van der Waals surface area (Å²) in [5.74, 6) is -2.56. The van der Waals surface area contributed by atoms with Crippen molar-refractivity contribution in [2.75, 3.05) is 6.54 Å². The number of rotatable bonds is 5. The van der Waals surface area contributed by atoms with Crippen LogP contribution in [0.15, 0.2) is 47.1 Å². The van der Waals surface area contributed by atoms with E-state index in [1.807, 2.05) is 0 Å². The standard InChI is InChI=1S/C15H12F4N2O3/c16-10-5-3-9(4-6-10)13(15(17,18)19)21-12(22)8-20-14(23)11-2-1-7-24-11/h1-7,13H,8H2,(H,20,23)(H,21,22)/t13-/m0/s1. The minimum atomic E-state index is -4.78. The summed E-state index contributed by atoms with van der Waals surface area (Å²) in [5.41, 5.74) is -0.324. The molecule has 1 atom stereocenters. The highest BCUT2D eigenvalue weighted by atomic mass is 19.4. The molecule has 2 aromatic rings. The molecule has 0 unspecified atom stereocenters. The van der Waals surface area contributed by atoms with Crippen molar-refractivity contribution in [3.8, 4) is 0 Å². The summed E-state index contributed by atoms with van der Waals surface area (Å²) in [7, 11) is 0. The van der Waals surface area contributed by atoms with E-state index in [2.05, 4.69) is 5.32 Å². The summed E-state index contributed by atoms with van der Waals surface area (Å²) < 4.78 is 56.8. The fourth-order valence-electron chi connectivity index (χ4n) is 1.88. The fraction of sp³-hybridized carbons (Fsp3) is 0.200. The predicted molar refractivity (Wildman–Crippen MR) is 74.4 cm³/mol. The number of benzene rings is 1. The van der Waals surface area contributed by atoms with Crippen molar-refractivity contribution in [2.24, 2.45) is 0 Å². The summed E-state index contributed by atoms with van der Waals surface area (Å²) in [5, 5.41) is 3.89. The summed E-state index contributed by atoms with van der Waals surface area (Å²) in [4.78, 5) is 23.2. The molecule has 0 aliphatic heterocycles. The third-order valence-corrected chi connectivity index (χ3v) is 2.99. The largest absolute Gasteiger partial charge is 0.459 e. The summed E-state index contributed by atoms with van der Waals surface area (Å²) in [6, 6.07) is 4.04. The second-order valence-corrected chi connectivity index (χ2v) is 4.75. The maximum Gasteiger partial charge on any atom is 0.412 e. The van der Waals surface area contributed by atoms with Gasteiger partial charge in [-0.3, -0.25) is 9.59 Å². The fourth-order valence-corrected chi connectivity index (χ4v) is 1.88. The highest BCUT2D eigenvalue weighted by Crippen LogP contribution is 2.32. The van der Waals surface area contributed by atoms with Crippen molar-refractivity contribution in [3.63, 3.8) is 0 Å². The van der Waals surface area contributed by atoms with E-state index in [-0.39, 0.29) is 11.3 Å². The first-order valence-corrected chi connectivity index (χ1v) is 6.70. The lowest BCUT2D eigenvalue weighted by Crippen LogP contribution is -2.43. The highest BCUT2D eigenvalue weighted by Gasteiger charge is 2.41. The molecule has 2 amide bonds. The maximum atomic E-state index is 13.1. The Labute approximate surface area is 133 Å². The zero-order chi connectivity index (χ0) is 17.7. The van der Waals surface area contributed by atoms with Crippen molar-refractivity contribution >= 4 is 11.8 Å². The number of alkyl halides is 3. The minimum absolute atomic E-state index is 0.0753. The van der Waals surface area contributed by atoms with Gasteiger partial charge in [0, 0.05) is 0 Å². The molecular weight excluding hydrogens is 332 g/mol. The molecule has 1 aromatic carbocycles. The number of nitrogens with one attached hydrogen (secondary N) is 2. The first-order chi connectivity index (χ1) is 11.3. The number of amides is 2. The topological polar surface area (TPSA) is 71.3 Å². The van der Waals surface area contributed by atoms with Crippen LogP contribution in [0.2, 0.25) is 0 Å². The van der Waals surface area contributed by atoms with Crippen LogP contribution in [0.5, 0.6) is 0 Å². The summed E-state index contributed by atoms with van der Waals surface area (Å²) in [6.45, 7) is -0.673. The Morgan fingerprint density at radius 1 is 1.12 bits per heavy atom. The molecule has 128 valence electrons. The van der Waals surface area contributed by atoms with Crippen molar-refractivity contribution < 1.29 is 31.6 Å². The number of hydrogen-bond acceptors (Lipinski definition) is 3. The van der Waals surface area contributed by atoms with E-state index in [0.29, 0.717) is 0 Å². The smallest absolute Gasteiger partial charge is 0.412 e. The van der Waals surface area contributed by atoms with Crippen LogP contribution in [0.4, 0.5) is 17.6 Å². The van der Waals surface area contributed by atoms with Crippen LogP contribution >= 0.6 is 0 Å². The Kier molecular flexibility index (Phi) is 5.22. The lowest BCUT2D eigenvalue weighted by atomic mass is 10.1. The monoisotopic (exact) mass is 344 g/mol. The van der Waals surface area contributed by atoms with E-state index >= 15 is 0 Å². The molecule has 0 saturated heterocycles. The Morgan fingerprint density at radius 3 is 2.33 bits per heavy atom. The second kappa shape index (κ2) is 7.16. The van der Waals surface area contributed by atoms with Gasteiger partial charge in [0.25, 0.3) is 5.91 Å². The normalized spacial score (nSPS) is 12.5. The third kappa shape index (κ3) is 4.58. The molecule has 5 nitrogen and oxygen atoms in total. The maximum absolute atomic E-state index is 13.1. The van der Waals surface area contributed by atoms with Crippen LogP contribution < -0.4 is 10.6 Å². The molecule has 0 aliphatic rings. The van der Waals surface area contributed by atoms with Crippen LogP contribution in [-0.2, 0) is 4.79 Å². The predicted octanol–water partition coefficient (Wildman–Crippen LogP) is 2.57. The zero-order valence-corrected chi connectivity index (χ0v) is 12.1. The molecule has 2 rings (SSSR count). The van der Waals surface area contributed by atoms with Gasteiger partial charge in [-0.1, -0.05) is 12.1 Å².